The third-order valence-electron chi connectivity index (χ3n) is 27.6. The molecular weight excluding hydrogens is 1490 g/mol. The average molecular weight is 1580 g/mol. The highest BCUT2D eigenvalue weighted by Gasteiger charge is 2.52. The normalized spacial score (nSPS) is 16.7. The second-order valence-electron chi connectivity index (χ2n) is 35.8. The predicted octanol–water partition coefficient (Wildman–Crippen LogP) is 26.6. The second-order valence-corrected chi connectivity index (χ2v) is 36.9. The van der Waals surface area contributed by atoms with E-state index in [9.17, 15) is 0 Å². The zero-order valence-electron chi connectivity index (χ0n) is 68.7. The van der Waals surface area contributed by atoms with E-state index in [2.05, 4.69) is 435 Å². The molecule has 4 fully saturated rings. The summed E-state index contributed by atoms with van der Waals surface area (Å²) in [4.78, 5) is 13.8. The molecule has 6 heterocycles. The maximum Gasteiger partial charge on any atom is 0.252 e. The molecular formula is C115H88B2N4S. The van der Waals surface area contributed by atoms with E-state index in [0.29, 0.717) is 12.1 Å². The van der Waals surface area contributed by atoms with Gasteiger partial charge in [0.2, 0.25) is 6.71 Å². The Balaban J connectivity index is 0.830. The fourth-order valence-corrected chi connectivity index (χ4v) is 23.6. The van der Waals surface area contributed by atoms with E-state index in [-0.39, 0.29) is 18.8 Å². The fraction of sp³-hybridized carbons (Fsp3) is 0.113. The van der Waals surface area contributed by atoms with Crippen LogP contribution in [0.25, 0.3) is 100 Å². The van der Waals surface area contributed by atoms with E-state index >= 15 is 0 Å². The number of rotatable bonds is 13. The van der Waals surface area contributed by atoms with Crippen molar-refractivity contribution in [2.75, 3.05) is 19.6 Å². The fourth-order valence-electron chi connectivity index (χ4n) is 22.4. The van der Waals surface area contributed by atoms with Gasteiger partial charge in [-0.2, -0.15) is 0 Å². The van der Waals surface area contributed by atoms with Crippen LogP contribution in [0.3, 0.4) is 0 Å². The van der Waals surface area contributed by atoms with Crippen molar-refractivity contribution < 1.29 is 0 Å². The van der Waals surface area contributed by atoms with Crippen LogP contribution in [0.2, 0.25) is 0 Å². The highest BCUT2D eigenvalue weighted by Crippen LogP contribution is 2.59. The van der Waals surface area contributed by atoms with Crippen LogP contribution in [0.5, 0.6) is 0 Å². The van der Waals surface area contributed by atoms with E-state index in [1.54, 1.807) is 0 Å². The lowest BCUT2D eigenvalue weighted by molar-refractivity contribution is 0.0900. The van der Waals surface area contributed by atoms with E-state index in [0.717, 1.165) is 40.0 Å². The summed E-state index contributed by atoms with van der Waals surface area (Å²) >= 11 is 1.98. The SMILES string of the molecule is CC(C)(C)c1cc2c3c(c1)N(c1c(-c4ccccc4)cc(-c4ccccc4)cc1-c1ccccc1)c1ccccc1B3c1cc3c(cc1S2)N(c1c(-c2ccccc2)cc(-c2ccccc2)cc1-c1ccccc1)c1cc(N2C4CC5CC(C4)CC2C5)cc2c1B3c1ccccc1N2c1c(-c2ccccc2)cc(-c2ccccc2)cc1-c1ccccc1. The van der Waals surface area contributed by atoms with Crippen LogP contribution in [0.1, 0.15) is 58.4 Å². The van der Waals surface area contributed by atoms with E-state index in [1.807, 2.05) is 11.8 Å². The smallest absolute Gasteiger partial charge is 0.252 e. The number of para-hydroxylation sites is 2. The van der Waals surface area contributed by atoms with Crippen molar-refractivity contribution in [2.45, 2.75) is 80.2 Å². The standard InChI is InChI=1S/C115H88B2N4S/c1-115(2,3)88-68-105-111-109(69-88)122-108-73-104-100(72-101(108)117(111)99-54-32-34-56-103(99)119(105)112-92(79-41-19-7-20-42-79)62-85(76-35-13-4-14-36-76)63-93(112)80-43-21-8-22-44-80)116-98-53-31-33-55-102(98)120(113-94(81-45-23-9-24-46-81)64-86(77-37-15-5-16-38-77)65-95(113)82-47-25-10-26-48-82)106-70-91(118-89-58-74-57-75(60-89)61-90(118)59-74)71-107(110(106)116)121(104)114-96(83-49-27-11-28-50-83)66-87(78-39-17-6-18-40-78)67-97(114)84-51-29-12-30-52-84/h4-56,62-75,89-90H,57-61H2,1-3H3. The van der Waals surface area contributed by atoms with E-state index in [1.165, 1.54) is 209 Å². The number of hydrogen-bond donors (Lipinski definition) is 0. The lowest BCUT2D eigenvalue weighted by atomic mass is 9.31. The molecule has 7 heteroatoms. The Hall–Kier alpha value is -13.6. The third kappa shape index (κ3) is 12.0. The molecule has 25 rings (SSSR count). The summed E-state index contributed by atoms with van der Waals surface area (Å²) in [6.45, 7) is 6.80. The average Bonchev–Trinajstić information content (AvgIpc) is 0.679. The first-order valence-corrected chi connectivity index (χ1v) is 44.6. The summed E-state index contributed by atoms with van der Waals surface area (Å²) in [5, 5.41) is 0. The van der Waals surface area contributed by atoms with Gasteiger partial charge in [0.15, 0.2) is 0 Å². The number of nitrogens with zero attached hydrogens (tertiary/aromatic N) is 4. The molecule has 6 aliphatic heterocycles. The molecule has 2 aliphatic carbocycles. The Labute approximate surface area is 721 Å². The quantitative estimate of drug-likeness (QED) is 0.106. The summed E-state index contributed by atoms with van der Waals surface area (Å²) in [7, 11) is 0. The molecule has 17 aromatic rings. The van der Waals surface area contributed by atoms with Crippen LogP contribution in [-0.2, 0) is 5.41 Å². The first kappa shape index (κ1) is 72.4. The number of anilines is 10. The number of benzene rings is 17. The molecule has 0 unspecified atom stereocenters. The van der Waals surface area contributed by atoms with Crippen molar-refractivity contribution in [1.82, 2.24) is 0 Å². The monoisotopic (exact) mass is 1580 g/mol. The summed E-state index contributed by atoms with van der Waals surface area (Å²) in [5.74, 6) is 1.51. The molecule has 8 aliphatic rings. The van der Waals surface area contributed by atoms with Gasteiger partial charge in [0.25, 0.3) is 6.71 Å². The van der Waals surface area contributed by atoms with Crippen LogP contribution >= 0.6 is 11.8 Å². The van der Waals surface area contributed by atoms with Crippen LogP contribution in [-0.4, -0.2) is 25.5 Å². The molecule has 0 radical (unpaired) electrons. The Kier molecular flexibility index (Phi) is 17.3. The van der Waals surface area contributed by atoms with Crippen molar-refractivity contribution in [3.05, 3.63) is 400 Å². The van der Waals surface area contributed by atoms with Gasteiger partial charge in [0.1, 0.15) is 0 Å². The van der Waals surface area contributed by atoms with Crippen molar-refractivity contribution in [1.29, 1.82) is 0 Å². The lowest BCUT2D eigenvalue weighted by Gasteiger charge is -2.58. The molecule has 2 saturated carbocycles. The Morgan fingerprint density at radius 1 is 0.246 bits per heavy atom. The van der Waals surface area contributed by atoms with E-state index in [4.69, 9.17) is 0 Å². The minimum atomic E-state index is -0.242. The number of fused-ring (bicyclic) bond motifs is 8. The van der Waals surface area contributed by atoms with Crippen molar-refractivity contribution in [3.8, 4) is 100 Å². The summed E-state index contributed by atoms with van der Waals surface area (Å²) in [5.41, 5.74) is 42.0. The molecule has 580 valence electrons. The maximum absolute atomic E-state index is 2.98. The van der Waals surface area contributed by atoms with Gasteiger partial charge >= 0.3 is 0 Å². The zero-order chi connectivity index (χ0) is 80.8. The lowest BCUT2D eigenvalue weighted by Crippen LogP contribution is -2.64. The van der Waals surface area contributed by atoms with Crippen molar-refractivity contribution >= 4 is 115 Å². The van der Waals surface area contributed by atoms with Crippen molar-refractivity contribution in [2.24, 2.45) is 11.8 Å². The third-order valence-corrected chi connectivity index (χ3v) is 28.8. The Bertz CT molecular complexity index is 6750. The van der Waals surface area contributed by atoms with Gasteiger partial charge in [0, 0.05) is 95.1 Å². The molecule has 0 atom stereocenters. The maximum atomic E-state index is 2.98. The summed E-state index contributed by atoms with van der Waals surface area (Å²) < 4.78 is 0. The minimum absolute atomic E-state index is 0.168. The van der Waals surface area contributed by atoms with Crippen LogP contribution in [0.15, 0.2) is 404 Å². The molecule has 122 heavy (non-hydrogen) atoms. The van der Waals surface area contributed by atoms with Gasteiger partial charge in [-0.3, -0.25) is 0 Å². The molecule has 0 N–H and O–H groups in total. The highest BCUT2D eigenvalue weighted by molar-refractivity contribution is 8.00. The second kappa shape index (κ2) is 29.1. The van der Waals surface area contributed by atoms with Gasteiger partial charge in [-0.05, 0) is 228 Å². The first-order chi connectivity index (χ1) is 60.1. The molecule has 0 spiro atoms. The van der Waals surface area contributed by atoms with Crippen molar-refractivity contribution in [3.63, 3.8) is 0 Å². The van der Waals surface area contributed by atoms with Crippen LogP contribution < -0.4 is 52.4 Å². The molecule has 2 saturated heterocycles. The van der Waals surface area contributed by atoms with Crippen LogP contribution in [0.4, 0.5) is 56.9 Å². The largest absolute Gasteiger partial charge is 0.365 e. The number of piperidine rings is 2. The molecule has 17 aromatic carbocycles. The molecule has 0 aromatic heterocycles. The molecule has 0 amide bonds. The topological polar surface area (TPSA) is 13.0 Å². The zero-order valence-corrected chi connectivity index (χ0v) is 69.5. The minimum Gasteiger partial charge on any atom is -0.365 e. The van der Waals surface area contributed by atoms with Gasteiger partial charge in [-0.25, -0.2) is 0 Å². The van der Waals surface area contributed by atoms with Crippen LogP contribution in [0, 0.1) is 11.8 Å². The molecule has 4 nitrogen and oxygen atoms in total. The number of hydrogen-bond acceptors (Lipinski definition) is 5. The first-order valence-electron chi connectivity index (χ1n) is 43.8. The summed E-state index contributed by atoms with van der Waals surface area (Å²) in [6, 6.07) is 152. The van der Waals surface area contributed by atoms with E-state index < -0.39 is 0 Å². The van der Waals surface area contributed by atoms with Gasteiger partial charge in [-0.1, -0.05) is 353 Å². The van der Waals surface area contributed by atoms with Gasteiger partial charge < -0.3 is 19.6 Å². The predicted molar refractivity (Wildman–Crippen MR) is 518 cm³/mol. The highest BCUT2D eigenvalue weighted by atomic mass is 32.2. The molecule has 4 bridgehead atoms. The summed E-state index contributed by atoms with van der Waals surface area (Å²) in [6.07, 6.45) is 6.27. The van der Waals surface area contributed by atoms with Gasteiger partial charge in [0.05, 0.1) is 17.1 Å². The Morgan fingerprint density at radius 3 is 0.893 bits per heavy atom. The van der Waals surface area contributed by atoms with Gasteiger partial charge in [-0.15, -0.1) is 0 Å². The Morgan fingerprint density at radius 2 is 0.549 bits per heavy atom.